The van der Waals surface area contributed by atoms with E-state index in [-0.39, 0.29) is 6.61 Å². The highest BCUT2D eigenvalue weighted by Gasteiger charge is 2.31. The molecule has 0 aromatic heterocycles. The summed E-state index contributed by atoms with van der Waals surface area (Å²) in [4.78, 5) is 25.0. The lowest BCUT2D eigenvalue weighted by Gasteiger charge is -2.15. The van der Waals surface area contributed by atoms with Gasteiger partial charge >= 0.3 is 11.9 Å². The molecule has 3 aromatic carbocycles. The van der Waals surface area contributed by atoms with Crippen molar-refractivity contribution < 1.29 is 33.3 Å². The van der Waals surface area contributed by atoms with Crippen LogP contribution in [0.25, 0.3) is 0 Å². The zero-order valence-corrected chi connectivity index (χ0v) is 18.8. The van der Waals surface area contributed by atoms with Gasteiger partial charge in [-0.15, -0.1) is 0 Å². The van der Waals surface area contributed by atoms with Crippen molar-refractivity contribution >= 4 is 11.9 Å². The van der Waals surface area contributed by atoms with Crippen LogP contribution in [0, 0.1) is 0 Å². The SMILES string of the molecule is COC(=O)C(C(=O)OCc1ccc(OC)cc1)c1ccc(OCc2ccc(OC)cc2)cc1. The maximum atomic E-state index is 12.7. The van der Waals surface area contributed by atoms with E-state index in [0.29, 0.717) is 23.7 Å². The molecule has 1 unspecified atom stereocenters. The predicted molar refractivity (Wildman–Crippen MR) is 121 cm³/mol. The molecule has 3 aromatic rings. The van der Waals surface area contributed by atoms with Gasteiger partial charge in [0.15, 0.2) is 5.92 Å². The summed E-state index contributed by atoms with van der Waals surface area (Å²) in [7, 11) is 4.42. The van der Waals surface area contributed by atoms with Crippen LogP contribution in [-0.2, 0) is 32.3 Å². The molecule has 7 heteroatoms. The second-order valence-electron chi connectivity index (χ2n) is 7.12. The van der Waals surface area contributed by atoms with Crippen LogP contribution in [0.3, 0.4) is 0 Å². The molecule has 0 saturated carbocycles. The van der Waals surface area contributed by atoms with Crippen LogP contribution in [0.2, 0.25) is 0 Å². The Morgan fingerprint density at radius 1 is 0.636 bits per heavy atom. The lowest BCUT2D eigenvalue weighted by Crippen LogP contribution is -2.25. The van der Waals surface area contributed by atoms with Crippen LogP contribution >= 0.6 is 0 Å². The third kappa shape index (κ3) is 6.49. The van der Waals surface area contributed by atoms with E-state index >= 15 is 0 Å². The third-order valence-electron chi connectivity index (χ3n) is 4.99. The highest BCUT2D eigenvalue weighted by Crippen LogP contribution is 2.24. The Morgan fingerprint density at radius 2 is 1.12 bits per heavy atom. The topological polar surface area (TPSA) is 80.3 Å². The normalized spacial score (nSPS) is 11.2. The van der Waals surface area contributed by atoms with Gasteiger partial charge in [-0.1, -0.05) is 36.4 Å². The fourth-order valence-corrected chi connectivity index (χ4v) is 3.09. The summed E-state index contributed by atoms with van der Waals surface area (Å²) in [5.74, 6) is -0.498. The first-order chi connectivity index (χ1) is 16.0. The van der Waals surface area contributed by atoms with Gasteiger partial charge in [-0.2, -0.15) is 0 Å². The first-order valence-electron chi connectivity index (χ1n) is 10.3. The smallest absolute Gasteiger partial charge is 0.325 e. The minimum absolute atomic E-state index is 0.0272. The molecular formula is C26H26O7. The first kappa shape index (κ1) is 23.7. The molecule has 1 atom stereocenters. The number of ether oxygens (including phenoxy) is 5. The minimum Gasteiger partial charge on any atom is -0.497 e. The molecule has 0 saturated heterocycles. The van der Waals surface area contributed by atoms with Gasteiger partial charge in [-0.3, -0.25) is 9.59 Å². The maximum Gasteiger partial charge on any atom is 0.325 e. The Morgan fingerprint density at radius 3 is 1.61 bits per heavy atom. The quantitative estimate of drug-likeness (QED) is 0.337. The molecule has 0 bridgehead atoms. The van der Waals surface area contributed by atoms with Crippen molar-refractivity contribution in [3.05, 3.63) is 89.5 Å². The van der Waals surface area contributed by atoms with Gasteiger partial charge < -0.3 is 23.7 Å². The molecule has 0 spiro atoms. The van der Waals surface area contributed by atoms with Gasteiger partial charge in [-0.05, 0) is 53.1 Å². The molecule has 7 nitrogen and oxygen atoms in total. The molecule has 0 amide bonds. The summed E-state index contributed by atoms with van der Waals surface area (Å²) < 4.78 is 26.2. The summed E-state index contributed by atoms with van der Waals surface area (Å²) in [5.41, 5.74) is 2.21. The molecule has 0 radical (unpaired) electrons. The van der Waals surface area contributed by atoms with E-state index < -0.39 is 17.9 Å². The first-order valence-corrected chi connectivity index (χ1v) is 10.3. The molecule has 0 fully saturated rings. The molecule has 33 heavy (non-hydrogen) atoms. The van der Waals surface area contributed by atoms with Gasteiger partial charge in [0.2, 0.25) is 0 Å². The van der Waals surface area contributed by atoms with Crippen LogP contribution in [0.4, 0.5) is 0 Å². The van der Waals surface area contributed by atoms with Crippen LogP contribution in [0.1, 0.15) is 22.6 Å². The van der Waals surface area contributed by atoms with E-state index in [1.807, 2.05) is 24.3 Å². The number of hydrogen-bond acceptors (Lipinski definition) is 7. The highest BCUT2D eigenvalue weighted by atomic mass is 16.5. The van der Waals surface area contributed by atoms with Crippen molar-refractivity contribution in [3.63, 3.8) is 0 Å². The van der Waals surface area contributed by atoms with E-state index in [1.54, 1.807) is 62.8 Å². The van der Waals surface area contributed by atoms with Crippen molar-refractivity contribution in [3.8, 4) is 17.2 Å². The minimum atomic E-state index is -1.19. The van der Waals surface area contributed by atoms with Crippen molar-refractivity contribution in [2.45, 2.75) is 19.1 Å². The van der Waals surface area contributed by atoms with Crippen molar-refractivity contribution in [1.82, 2.24) is 0 Å². The summed E-state index contributed by atoms with van der Waals surface area (Å²) in [6.45, 7) is 0.396. The monoisotopic (exact) mass is 450 g/mol. The highest BCUT2D eigenvalue weighted by molar-refractivity contribution is 6.00. The van der Waals surface area contributed by atoms with Crippen LogP contribution in [0.15, 0.2) is 72.8 Å². The van der Waals surface area contributed by atoms with Gasteiger partial charge in [0.25, 0.3) is 0 Å². The van der Waals surface area contributed by atoms with E-state index in [1.165, 1.54) is 7.11 Å². The van der Waals surface area contributed by atoms with Crippen LogP contribution in [-0.4, -0.2) is 33.3 Å². The Hall–Kier alpha value is -4.00. The number of methoxy groups -OCH3 is 3. The second kappa shape index (κ2) is 11.6. The predicted octanol–water partition coefficient (Wildman–Crippen LogP) is 4.28. The number of rotatable bonds is 10. The number of hydrogen-bond donors (Lipinski definition) is 0. The molecule has 0 aliphatic carbocycles. The average molecular weight is 450 g/mol. The summed E-state index contributed by atoms with van der Waals surface area (Å²) in [6, 6.07) is 21.4. The largest absolute Gasteiger partial charge is 0.497 e. The van der Waals surface area contributed by atoms with Gasteiger partial charge in [0.05, 0.1) is 21.3 Å². The number of carbonyl (C=O) groups excluding carboxylic acids is 2. The van der Waals surface area contributed by atoms with Gasteiger partial charge in [0, 0.05) is 0 Å². The van der Waals surface area contributed by atoms with E-state index in [2.05, 4.69) is 0 Å². The molecule has 0 N–H and O–H groups in total. The number of benzene rings is 3. The van der Waals surface area contributed by atoms with Crippen LogP contribution < -0.4 is 14.2 Å². The summed E-state index contributed by atoms with van der Waals surface area (Å²) in [6.07, 6.45) is 0. The van der Waals surface area contributed by atoms with E-state index in [4.69, 9.17) is 23.7 Å². The third-order valence-corrected chi connectivity index (χ3v) is 4.99. The van der Waals surface area contributed by atoms with E-state index in [0.717, 1.165) is 16.9 Å². The lowest BCUT2D eigenvalue weighted by molar-refractivity contribution is -0.156. The Balaban J connectivity index is 1.63. The molecule has 3 rings (SSSR count). The van der Waals surface area contributed by atoms with E-state index in [9.17, 15) is 9.59 Å². The Bertz CT molecular complexity index is 1040. The Labute approximate surface area is 192 Å². The molecule has 0 aliphatic heterocycles. The fraction of sp³-hybridized carbons (Fsp3) is 0.231. The number of carbonyl (C=O) groups is 2. The zero-order valence-electron chi connectivity index (χ0n) is 18.8. The standard InChI is InChI=1S/C26H26O7/c1-29-21-10-4-18(5-11-21)16-32-23-14-8-20(9-15-23)24(25(27)31-3)26(28)33-17-19-6-12-22(30-2)13-7-19/h4-15,24H,16-17H2,1-3H3. The molecular weight excluding hydrogens is 424 g/mol. The zero-order chi connectivity index (χ0) is 23.6. The van der Waals surface area contributed by atoms with Crippen molar-refractivity contribution in [2.24, 2.45) is 0 Å². The molecule has 172 valence electrons. The van der Waals surface area contributed by atoms with Crippen molar-refractivity contribution in [2.75, 3.05) is 21.3 Å². The summed E-state index contributed by atoms with van der Waals surface area (Å²) in [5, 5.41) is 0. The fourth-order valence-electron chi connectivity index (χ4n) is 3.09. The number of esters is 2. The van der Waals surface area contributed by atoms with Gasteiger partial charge in [0.1, 0.15) is 30.5 Å². The Kier molecular flexibility index (Phi) is 8.30. The summed E-state index contributed by atoms with van der Waals surface area (Å²) >= 11 is 0. The van der Waals surface area contributed by atoms with Gasteiger partial charge in [-0.25, -0.2) is 0 Å². The molecule has 0 aliphatic rings. The molecule has 0 heterocycles. The van der Waals surface area contributed by atoms with Crippen LogP contribution in [0.5, 0.6) is 17.2 Å². The lowest BCUT2D eigenvalue weighted by atomic mass is 9.99. The maximum absolute atomic E-state index is 12.7. The van der Waals surface area contributed by atoms with Crippen molar-refractivity contribution in [1.29, 1.82) is 0 Å². The average Bonchev–Trinajstić information content (AvgIpc) is 2.87. The second-order valence-corrected chi connectivity index (χ2v) is 7.12.